The Morgan fingerprint density at radius 3 is 2.30 bits per heavy atom. The summed E-state index contributed by atoms with van der Waals surface area (Å²) in [6.07, 6.45) is -5.16. The number of H-pyrrole nitrogens is 1. The van der Waals surface area contributed by atoms with E-state index in [1.54, 1.807) is 6.92 Å². The molecule has 0 radical (unpaired) electrons. The first-order valence-corrected chi connectivity index (χ1v) is 10.2. The lowest BCUT2D eigenvalue weighted by molar-refractivity contribution is -0.238. The minimum absolute atomic E-state index is 0.619. The van der Waals surface area contributed by atoms with Crippen molar-refractivity contribution in [2.24, 2.45) is 0 Å². The lowest BCUT2D eigenvalue weighted by Gasteiger charge is -2.40. The van der Waals surface area contributed by atoms with E-state index in [2.05, 4.69) is 23.2 Å². The first-order chi connectivity index (χ1) is 14.6. The zero-order chi connectivity index (χ0) is 20.6. The van der Waals surface area contributed by atoms with Crippen molar-refractivity contribution >= 4 is 43.6 Å². The molecule has 6 nitrogen and oxygen atoms in total. The minimum Gasteiger partial charge on any atom is -0.388 e. The number of para-hydroxylation sites is 2. The number of aromatic nitrogens is 2. The molecule has 0 aliphatic carbocycles. The fourth-order valence-corrected chi connectivity index (χ4v) is 4.91. The third-order valence-electron chi connectivity index (χ3n) is 6.43. The van der Waals surface area contributed by atoms with E-state index in [-0.39, 0.29) is 0 Å². The van der Waals surface area contributed by atoms with Crippen LogP contribution in [0.5, 0.6) is 0 Å². The van der Waals surface area contributed by atoms with Crippen LogP contribution in [0.15, 0.2) is 60.7 Å². The molecule has 1 aliphatic heterocycles. The number of nitrogens with zero attached hydrogens (tertiary/aromatic N) is 1. The second-order valence-corrected chi connectivity index (χ2v) is 8.15. The lowest BCUT2D eigenvalue weighted by Crippen LogP contribution is -2.54. The molecule has 1 saturated heterocycles. The van der Waals surface area contributed by atoms with Gasteiger partial charge in [-0.1, -0.05) is 48.5 Å². The first kappa shape index (κ1) is 17.9. The molecule has 0 bridgehead atoms. The van der Waals surface area contributed by atoms with Crippen molar-refractivity contribution in [1.82, 2.24) is 9.55 Å². The van der Waals surface area contributed by atoms with Crippen LogP contribution in [0.2, 0.25) is 0 Å². The molecule has 3 aromatic carbocycles. The van der Waals surface area contributed by atoms with Gasteiger partial charge in [-0.3, -0.25) is 0 Å². The molecule has 152 valence electrons. The highest BCUT2D eigenvalue weighted by atomic mass is 16.5. The normalized spacial score (nSPS) is 27.5. The Balaban J connectivity index is 1.75. The van der Waals surface area contributed by atoms with E-state index in [9.17, 15) is 15.3 Å². The molecule has 1 aliphatic rings. The van der Waals surface area contributed by atoms with Gasteiger partial charge in [0.05, 0.1) is 22.7 Å². The van der Waals surface area contributed by atoms with E-state index < -0.39 is 30.6 Å². The second-order valence-electron chi connectivity index (χ2n) is 8.15. The third kappa shape index (κ3) is 2.27. The number of rotatable bonds is 1. The van der Waals surface area contributed by atoms with E-state index in [0.29, 0.717) is 0 Å². The van der Waals surface area contributed by atoms with Gasteiger partial charge in [0, 0.05) is 27.1 Å². The first-order valence-electron chi connectivity index (χ1n) is 10.2. The van der Waals surface area contributed by atoms with Crippen LogP contribution in [0.4, 0.5) is 0 Å². The molecule has 1 fully saturated rings. The van der Waals surface area contributed by atoms with Crippen LogP contribution in [0, 0.1) is 0 Å². The summed E-state index contributed by atoms with van der Waals surface area (Å²) >= 11 is 0. The van der Waals surface area contributed by atoms with Crippen LogP contribution in [-0.4, -0.2) is 49.3 Å². The van der Waals surface area contributed by atoms with Crippen molar-refractivity contribution < 1.29 is 20.1 Å². The molecule has 30 heavy (non-hydrogen) atoms. The van der Waals surface area contributed by atoms with Crippen molar-refractivity contribution in [3.63, 3.8) is 0 Å². The minimum atomic E-state index is -1.29. The van der Waals surface area contributed by atoms with E-state index in [0.717, 1.165) is 43.6 Å². The van der Waals surface area contributed by atoms with E-state index in [1.165, 1.54) is 0 Å². The highest BCUT2D eigenvalue weighted by molar-refractivity contribution is 6.22. The van der Waals surface area contributed by atoms with Gasteiger partial charge >= 0.3 is 0 Å². The Morgan fingerprint density at radius 2 is 1.47 bits per heavy atom. The second kappa shape index (κ2) is 6.30. The van der Waals surface area contributed by atoms with Gasteiger partial charge in [0.25, 0.3) is 0 Å². The lowest BCUT2D eigenvalue weighted by atomic mass is 9.99. The van der Waals surface area contributed by atoms with Gasteiger partial charge < -0.3 is 29.6 Å². The largest absolute Gasteiger partial charge is 0.388 e. The number of benzene rings is 3. The molecule has 3 heterocycles. The highest BCUT2D eigenvalue weighted by Gasteiger charge is 2.43. The molecule has 0 saturated carbocycles. The van der Waals surface area contributed by atoms with Gasteiger partial charge in [-0.15, -0.1) is 0 Å². The van der Waals surface area contributed by atoms with Crippen LogP contribution in [0.3, 0.4) is 0 Å². The van der Waals surface area contributed by atoms with Crippen molar-refractivity contribution in [3.05, 3.63) is 60.7 Å². The summed E-state index contributed by atoms with van der Waals surface area (Å²) in [5, 5.41) is 35.8. The summed E-state index contributed by atoms with van der Waals surface area (Å²) < 4.78 is 8.01. The molecular weight excluding hydrogens is 380 g/mol. The Kier molecular flexibility index (Phi) is 3.76. The average molecular weight is 402 g/mol. The monoisotopic (exact) mass is 402 g/mol. The fraction of sp³-hybridized carbons (Fsp3) is 0.250. The van der Waals surface area contributed by atoms with Gasteiger partial charge in [-0.05, 0) is 19.1 Å². The maximum Gasteiger partial charge on any atom is 0.163 e. The molecule has 4 N–H and O–H groups in total. The van der Waals surface area contributed by atoms with E-state index in [4.69, 9.17) is 4.74 Å². The maximum atomic E-state index is 10.9. The van der Waals surface area contributed by atoms with Crippen LogP contribution in [0.1, 0.15) is 13.2 Å². The molecule has 5 atom stereocenters. The standard InChI is InChI=1S/C24H22N2O4/c1-12-21(27)22(28)23(29)24(30-12)26-18-9-5-3-7-14(18)16-11-10-15-13-6-2-4-8-17(13)25-19(15)20(16)26/h2-12,21-25,27-29H,1H3/t12-,21+,22-,23-,24-/m1/s1. The van der Waals surface area contributed by atoms with Gasteiger partial charge in [0.15, 0.2) is 6.23 Å². The molecule has 0 amide bonds. The molecule has 6 heteroatoms. The quantitative estimate of drug-likeness (QED) is 0.346. The van der Waals surface area contributed by atoms with Crippen molar-refractivity contribution in [1.29, 1.82) is 0 Å². The SMILES string of the molecule is C[C@H]1O[C@@H](n2c3ccccc3c3ccc4c5ccccc5[nH]c4c32)[C@H](O)[C@H](O)[C@H]1O. The number of ether oxygens (including phenoxy) is 1. The van der Waals surface area contributed by atoms with Crippen LogP contribution >= 0.6 is 0 Å². The molecule has 2 aromatic heterocycles. The fourth-order valence-electron chi connectivity index (χ4n) is 4.91. The Bertz CT molecular complexity index is 1420. The summed E-state index contributed by atoms with van der Waals surface area (Å²) in [4.78, 5) is 3.54. The Morgan fingerprint density at radius 1 is 0.767 bits per heavy atom. The van der Waals surface area contributed by atoms with Gasteiger partial charge in [0.2, 0.25) is 0 Å². The molecule has 0 unspecified atom stereocenters. The summed E-state index contributed by atoms with van der Waals surface area (Å²) in [7, 11) is 0. The van der Waals surface area contributed by atoms with Crippen molar-refractivity contribution in [2.45, 2.75) is 37.6 Å². The number of aliphatic hydroxyl groups excluding tert-OH is 3. The number of hydrogen-bond acceptors (Lipinski definition) is 4. The Hall–Kier alpha value is -2.90. The summed E-state index contributed by atoms with van der Waals surface area (Å²) in [5.74, 6) is 0. The smallest absolute Gasteiger partial charge is 0.163 e. The zero-order valence-electron chi connectivity index (χ0n) is 16.4. The number of aromatic amines is 1. The Labute approximate surface area is 171 Å². The maximum absolute atomic E-state index is 10.9. The van der Waals surface area contributed by atoms with E-state index in [1.807, 2.05) is 47.0 Å². The van der Waals surface area contributed by atoms with Crippen LogP contribution in [0.25, 0.3) is 43.6 Å². The van der Waals surface area contributed by atoms with Gasteiger partial charge in [0.1, 0.15) is 18.3 Å². The predicted molar refractivity (Wildman–Crippen MR) is 116 cm³/mol. The van der Waals surface area contributed by atoms with Crippen LogP contribution < -0.4 is 0 Å². The number of fused-ring (bicyclic) bond motifs is 7. The predicted octanol–water partition coefficient (Wildman–Crippen LogP) is 3.43. The molecule has 6 rings (SSSR count). The third-order valence-corrected chi connectivity index (χ3v) is 6.43. The topological polar surface area (TPSA) is 90.6 Å². The molecule has 5 aromatic rings. The number of nitrogens with one attached hydrogen (secondary N) is 1. The highest BCUT2D eigenvalue weighted by Crippen LogP contribution is 2.41. The van der Waals surface area contributed by atoms with Crippen molar-refractivity contribution in [3.8, 4) is 0 Å². The van der Waals surface area contributed by atoms with Gasteiger partial charge in [-0.2, -0.15) is 0 Å². The van der Waals surface area contributed by atoms with Gasteiger partial charge in [-0.25, -0.2) is 0 Å². The summed E-state index contributed by atoms with van der Waals surface area (Å²) in [5.41, 5.74) is 3.79. The molecular formula is C24H22N2O4. The number of hydrogen-bond donors (Lipinski definition) is 4. The number of aliphatic hydroxyl groups is 3. The summed E-state index contributed by atoms with van der Waals surface area (Å²) in [6.45, 7) is 1.71. The zero-order valence-corrected chi connectivity index (χ0v) is 16.4. The van der Waals surface area contributed by atoms with Crippen molar-refractivity contribution in [2.75, 3.05) is 0 Å². The average Bonchev–Trinajstić information content (AvgIpc) is 3.31. The van der Waals surface area contributed by atoms with Crippen LogP contribution in [-0.2, 0) is 4.74 Å². The summed E-state index contributed by atoms with van der Waals surface area (Å²) in [6, 6.07) is 20.3. The molecule has 0 spiro atoms. The van der Waals surface area contributed by atoms with E-state index >= 15 is 0 Å².